The molecule has 0 aromatic carbocycles. The van der Waals surface area contributed by atoms with Crippen molar-refractivity contribution in [3.8, 4) is 0 Å². The summed E-state index contributed by atoms with van der Waals surface area (Å²) in [6.07, 6.45) is 0. The molecular formula is C9H12N4S. The highest BCUT2D eigenvalue weighted by Gasteiger charge is 2.08. The van der Waals surface area contributed by atoms with Crippen LogP contribution < -0.4 is 5.73 Å². The van der Waals surface area contributed by atoms with Gasteiger partial charge in [-0.15, -0.1) is 11.3 Å². The fraction of sp³-hybridized carbons (Fsp3) is 0.333. The molecule has 0 aliphatic carbocycles. The number of nitrogens with two attached hydrogens (primary N) is 1. The lowest BCUT2D eigenvalue weighted by molar-refractivity contribution is 0.650. The zero-order chi connectivity index (χ0) is 10.1. The van der Waals surface area contributed by atoms with Gasteiger partial charge in [-0.3, -0.25) is 4.68 Å². The molecule has 2 N–H and O–H groups in total. The normalized spacial score (nSPS) is 10.7. The van der Waals surface area contributed by atoms with E-state index in [1.54, 1.807) is 11.3 Å². The largest absolute Gasteiger partial charge is 0.396 e. The molecule has 0 fully saturated rings. The third kappa shape index (κ3) is 1.50. The first-order valence-electron chi connectivity index (χ1n) is 4.35. The first kappa shape index (κ1) is 9.21. The van der Waals surface area contributed by atoms with E-state index < -0.39 is 0 Å². The van der Waals surface area contributed by atoms with Gasteiger partial charge in [0.05, 0.1) is 34.8 Å². The van der Waals surface area contributed by atoms with Crippen molar-refractivity contribution in [2.45, 2.75) is 20.4 Å². The fourth-order valence-electron chi connectivity index (χ4n) is 1.33. The van der Waals surface area contributed by atoms with E-state index in [2.05, 4.69) is 10.1 Å². The Bertz CT molecular complexity index is 430. The Morgan fingerprint density at radius 2 is 2.29 bits per heavy atom. The molecule has 2 aromatic rings. The monoisotopic (exact) mass is 208 g/mol. The first-order valence-corrected chi connectivity index (χ1v) is 5.29. The number of nitrogen functional groups attached to an aromatic ring is 1. The summed E-state index contributed by atoms with van der Waals surface area (Å²) in [6, 6.07) is 0. The van der Waals surface area contributed by atoms with Crippen LogP contribution >= 0.6 is 11.3 Å². The topological polar surface area (TPSA) is 56.7 Å². The molecule has 0 aliphatic rings. The van der Waals surface area contributed by atoms with Gasteiger partial charge in [-0.25, -0.2) is 4.98 Å². The summed E-state index contributed by atoms with van der Waals surface area (Å²) < 4.78 is 1.89. The average molecular weight is 208 g/mol. The van der Waals surface area contributed by atoms with Crippen LogP contribution in [0.3, 0.4) is 0 Å². The van der Waals surface area contributed by atoms with E-state index in [0.717, 1.165) is 22.8 Å². The molecule has 5 heteroatoms. The molecule has 0 saturated carbocycles. The van der Waals surface area contributed by atoms with E-state index in [9.17, 15) is 0 Å². The molecule has 0 radical (unpaired) electrons. The summed E-state index contributed by atoms with van der Waals surface area (Å²) in [4.78, 5) is 4.21. The van der Waals surface area contributed by atoms with Gasteiger partial charge < -0.3 is 5.73 Å². The Morgan fingerprint density at radius 3 is 2.79 bits per heavy atom. The standard InChI is InChI=1S/C9H12N4S/c1-6-9(10)7(2)13(12-6)3-8-4-14-5-11-8/h4-5H,3,10H2,1-2H3. The highest BCUT2D eigenvalue weighted by Crippen LogP contribution is 2.16. The highest BCUT2D eigenvalue weighted by molar-refractivity contribution is 7.07. The number of nitrogens with zero attached hydrogens (tertiary/aromatic N) is 3. The maximum Gasteiger partial charge on any atom is 0.0843 e. The number of aromatic nitrogens is 3. The van der Waals surface area contributed by atoms with Crippen LogP contribution in [0, 0.1) is 13.8 Å². The van der Waals surface area contributed by atoms with Gasteiger partial charge in [0.1, 0.15) is 0 Å². The minimum absolute atomic E-state index is 0.702. The Hall–Kier alpha value is -1.36. The van der Waals surface area contributed by atoms with E-state index in [-0.39, 0.29) is 0 Å². The van der Waals surface area contributed by atoms with Crippen molar-refractivity contribution in [2.75, 3.05) is 5.73 Å². The Kier molecular flexibility index (Phi) is 2.25. The molecule has 0 amide bonds. The molecule has 2 rings (SSSR count). The maximum absolute atomic E-state index is 5.83. The second kappa shape index (κ2) is 3.42. The van der Waals surface area contributed by atoms with Crippen LogP contribution in [0.2, 0.25) is 0 Å². The van der Waals surface area contributed by atoms with Crippen molar-refractivity contribution in [3.05, 3.63) is 28.0 Å². The van der Waals surface area contributed by atoms with Gasteiger partial charge in [-0.1, -0.05) is 0 Å². The summed E-state index contributed by atoms with van der Waals surface area (Å²) in [5.41, 5.74) is 11.4. The number of hydrogen-bond acceptors (Lipinski definition) is 4. The number of rotatable bonds is 2. The maximum atomic E-state index is 5.83. The Morgan fingerprint density at radius 1 is 1.50 bits per heavy atom. The van der Waals surface area contributed by atoms with Crippen LogP contribution in [0.25, 0.3) is 0 Å². The molecule has 0 bridgehead atoms. The van der Waals surface area contributed by atoms with Gasteiger partial charge in [0.15, 0.2) is 0 Å². The SMILES string of the molecule is Cc1nn(Cc2cscn2)c(C)c1N. The molecule has 2 aromatic heterocycles. The predicted molar refractivity (Wildman–Crippen MR) is 57.3 cm³/mol. The van der Waals surface area contributed by atoms with E-state index in [1.807, 2.05) is 29.4 Å². The zero-order valence-corrected chi connectivity index (χ0v) is 9.01. The van der Waals surface area contributed by atoms with Crippen LogP contribution in [0.1, 0.15) is 17.1 Å². The molecule has 2 heterocycles. The fourth-order valence-corrected chi connectivity index (χ4v) is 1.88. The smallest absolute Gasteiger partial charge is 0.0843 e. The molecule has 0 unspecified atom stereocenters. The summed E-state index contributed by atoms with van der Waals surface area (Å²) >= 11 is 1.59. The molecule has 0 atom stereocenters. The highest BCUT2D eigenvalue weighted by atomic mass is 32.1. The van der Waals surface area contributed by atoms with Gasteiger partial charge in [-0.05, 0) is 13.8 Å². The van der Waals surface area contributed by atoms with Crippen molar-refractivity contribution in [2.24, 2.45) is 0 Å². The number of anilines is 1. The van der Waals surface area contributed by atoms with Crippen molar-refractivity contribution >= 4 is 17.0 Å². The van der Waals surface area contributed by atoms with Crippen molar-refractivity contribution in [3.63, 3.8) is 0 Å². The minimum atomic E-state index is 0.702. The van der Waals surface area contributed by atoms with Gasteiger partial charge in [0.25, 0.3) is 0 Å². The number of aryl methyl sites for hydroxylation is 1. The van der Waals surface area contributed by atoms with Crippen molar-refractivity contribution in [1.82, 2.24) is 14.8 Å². The number of thiazole rings is 1. The van der Waals surface area contributed by atoms with Crippen LogP contribution in [0.5, 0.6) is 0 Å². The van der Waals surface area contributed by atoms with Crippen LogP contribution in [-0.4, -0.2) is 14.8 Å². The lowest BCUT2D eigenvalue weighted by atomic mass is 10.3. The summed E-state index contributed by atoms with van der Waals surface area (Å²) in [6.45, 7) is 4.59. The van der Waals surface area contributed by atoms with Crippen molar-refractivity contribution in [1.29, 1.82) is 0 Å². The van der Waals surface area contributed by atoms with E-state index in [1.165, 1.54) is 0 Å². The van der Waals surface area contributed by atoms with Crippen molar-refractivity contribution < 1.29 is 0 Å². The lowest BCUT2D eigenvalue weighted by Crippen LogP contribution is -2.04. The first-order chi connectivity index (χ1) is 6.68. The minimum Gasteiger partial charge on any atom is -0.396 e. The van der Waals surface area contributed by atoms with E-state index in [0.29, 0.717) is 6.54 Å². The average Bonchev–Trinajstić information content (AvgIpc) is 2.73. The predicted octanol–water partition coefficient (Wildman–Crippen LogP) is 1.59. The summed E-state index contributed by atoms with van der Waals surface area (Å²) in [7, 11) is 0. The van der Waals surface area contributed by atoms with Gasteiger partial charge in [-0.2, -0.15) is 5.10 Å². The lowest BCUT2D eigenvalue weighted by Gasteiger charge is -2.00. The Labute approximate surface area is 86.4 Å². The van der Waals surface area contributed by atoms with Gasteiger partial charge >= 0.3 is 0 Å². The quantitative estimate of drug-likeness (QED) is 0.815. The second-order valence-corrected chi connectivity index (χ2v) is 3.94. The molecule has 14 heavy (non-hydrogen) atoms. The van der Waals surface area contributed by atoms with Crippen LogP contribution in [-0.2, 0) is 6.54 Å². The third-order valence-corrected chi connectivity index (χ3v) is 2.87. The molecule has 0 aliphatic heterocycles. The van der Waals surface area contributed by atoms with Crippen LogP contribution in [0.4, 0.5) is 5.69 Å². The Balaban J connectivity index is 2.30. The number of hydrogen-bond donors (Lipinski definition) is 1. The zero-order valence-electron chi connectivity index (χ0n) is 8.19. The molecule has 74 valence electrons. The molecule has 0 saturated heterocycles. The summed E-state index contributed by atoms with van der Waals surface area (Å²) in [5, 5.41) is 6.36. The molecular weight excluding hydrogens is 196 g/mol. The van der Waals surface area contributed by atoms with Gasteiger partial charge in [0, 0.05) is 5.38 Å². The van der Waals surface area contributed by atoms with E-state index in [4.69, 9.17) is 5.73 Å². The van der Waals surface area contributed by atoms with Gasteiger partial charge in [0.2, 0.25) is 0 Å². The van der Waals surface area contributed by atoms with Crippen LogP contribution in [0.15, 0.2) is 10.9 Å². The molecule has 4 nitrogen and oxygen atoms in total. The second-order valence-electron chi connectivity index (χ2n) is 3.22. The third-order valence-electron chi connectivity index (χ3n) is 2.23. The molecule has 0 spiro atoms. The van der Waals surface area contributed by atoms with E-state index >= 15 is 0 Å². The summed E-state index contributed by atoms with van der Waals surface area (Å²) in [5.74, 6) is 0.